The van der Waals surface area contributed by atoms with E-state index >= 15 is 0 Å². The standard InChI is InChI=1S/C29H28F6N2O4/c1-16(2)11-20(37-19-6-3-17(4-7-19)28(40)36-10-9-26(38)39)15-41-21-13-24(31)27(25(32)14-21)22-8-5-18(12-23(22)30)29(33,34)35/h3-8,12-14,16,20,37H,9-11,15H2,1-2H3,(H,36,40)(H,38,39)/t20-/m0/s1. The van der Waals surface area contributed by atoms with Gasteiger partial charge in [0, 0.05) is 35.5 Å². The number of carbonyl (C=O) groups is 2. The predicted molar refractivity (Wildman–Crippen MR) is 140 cm³/mol. The molecule has 3 rings (SSSR count). The second kappa shape index (κ2) is 13.4. The van der Waals surface area contributed by atoms with E-state index in [9.17, 15) is 35.9 Å². The van der Waals surface area contributed by atoms with Crippen LogP contribution in [0, 0.1) is 23.4 Å². The molecule has 0 aromatic heterocycles. The van der Waals surface area contributed by atoms with Crippen molar-refractivity contribution in [3.63, 3.8) is 0 Å². The molecular formula is C29H28F6N2O4. The van der Waals surface area contributed by atoms with Crippen molar-refractivity contribution in [2.75, 3.05) is 18.5 Å². The molecule has 3 aromatic carbocycles. The lowest BCUT2D eigenvalue weighted by molar-refractivity contribution is -0.138. The van der Waals surface area contributed by atoms with Gasteiger partial charge in [0.15, 0.2) is 0 Å². The van der Waals surface area contributed by atoms with Crippen LogP contribution < -0.4 is 15.4 Å². The minimum absolute atomic E-state index is 0.0105. The molecule has 0 aliphatic carbocycles. The number of carboxylic acid groups (broad SMARTS) is 1. The molecule has 41 heavy (non-hydrogen) atoms. The van der Waals surface area contributed by atoms with Crippen molar-refractivity contribution in [2.45, 2.75) is 38.9 Å². The SMILES string of the molecule is CC(C)C[C@@H](COc1cc(F)c(-c2ccc(C(F)(F)F)cc2F)c(F)c1)Nc1ccc(C(=O)NCCC(=O)O)cc1. The first-order valence-corrected chi connectivity index (χ1v) is 12.6. The van der Waals surface area contributed by atoms with Crippen LogP contribution in [0.3, 0.4) is 0 Å². The van der Waals surface area contributed by atoms with Gasteiger partial charge in [-0.15, -0.1) is 0 Å². The molecule has 6 nitrogen and oxygen atoms in total. The Morgan fingerprint density at radius 3 is 2.10 bits per heavy atom. The number of carboxylic acids is 1. The topological polar surface area (TPSA) is 87.7 Å². The molecular weight excluding hydrogens is 554 g/mol. The maximum Gasteiger partial charge on any atom is 0.416 e. The minimum Gasteiger partial charge on any atom is -0.491 e. The van der Waals surface area contributed by atoms with Crippen molar-refractivity contribution >= 4 is 17.6 Å². The summed E-state index contributed by atoms with van der Waals surface area (Å²) in [4.78, 5) is 22.7. The van der Waals surface area contributed by atoms with Gasteiger partial charge in [0.05, 0.1) is 23.6 Å². The van der Waals surface area contributed by atoms with Crippen LogP contribution in [-0.4, -0.2) is 36.2 Å². The first-order valence-electron chi connectivity index (χ1n) is 12.6. The maximum absolute atomic E-state index is 14.8. The van der Waals surface area contributed by atoms with E-state index < -0.39 is 52.2 Å². The number of halogens is 6. The molecule has 0 saturated heterocycles. The van der Waals surface area contributed by atoms with Crippen molar-refractivity contribution in [3.8, 4) is 16.9 Å². The summed E-state index contributed by atoms with van der Waals surface area (Å²) in [7, 11) is 0. The van der Waals surface area contributed by atoms with Crippen molar-refractivity contribution < 1.29 is 45.8 Å². The van der Waals surface area contributed by atoms with Crippen LogP contribution >= 0.6 is 0 Å². The lowest BCUT2D eigenvalue weighted by Crippen LogP contribution is -2.29. The van der Waals surface area contributed by atoms with Crippen LogP contribution in [0.15, 0.2) is 54.6 Å². The van der Waals surface area contributed by atoms with E-state index in [0.29, 0.717) is 29.8 Å². The Labute approximate surface area is 232 Å². The summed E-state index contributed by atoms with van der Waals surface area (Å²) in [5, 5.41) is 14.4. The summed E-state index contributed by atoms with van der Waals surface area (Å²) >= 11 is 0. The Hall–Kier alpha value is -4.22. The molecule has 220 valence electrons. The van der Waals surface area contributed by atoms with Gasteiger partial charge < -0.3 is 20.5 Å². The van der Waals surface area contributed by atoms with Gasteiger partial charge in [0.1, 0.15) is 29.8 Å². The summed E-state index contributed by atoms with van der Waals surface area (Å²) < 4.78 is 88.1. The van der Waals surface area contributed by atoms with Crippen LogP contribution in [-0.2, 0) is 11.0 Å². The largest absolute Gasteiger partial charge is 0.491 e. The van der Waals surface area contributed by atoms with E-state index in [4.69, 9.17) is 9.84 Å². The first-order chi connectivity index (χ1) is 19.2. The Morgan fingerprint density at radius 2 is 1.56 bits per heavy atom. The summed E-state index contributed by atoms with van der Waals surface area (Å²) in [6.07, 6.45) is -4.42. The fourth-order valence-electron chi connectivity index (χ4n) is 4.06. The van der Waals surface area contributed by atoms with Gasteiger partial charge in [0.25, 0.3) is 5.91 Å². The lowest BCUT2D eigenvalue weighted by atomic mass is 10.0. The fourth-order valence-corrected chi connectivity index (χ4v) is 4.06. The molecule has 0 aliphatic heterocycles. The second-order valence-corrected chi connectivity index (χ2v) is 9.71. The highest BCUT2D eigenvalue weighted by Crippen LogP contribution is 2.35. The second-order valence-electron chi connectivity index (χ2n) is 9.71. The van der Waals surface area contributed by atoms with Crippen LogP contribution in [0.4, 0.5) is 32.0 Å². The molecule has 3 N–H and O–H groups in total. The number of nitrogens with one attached hydrogen (secondary N) is 2. The molecule has 1 amide bonds. The van der Waals surface area contributed by atoms with Crippen molar-refractivity contribution in [1.29, 1.82) is 0 Å². The van der Waals surface area contributed by atoms with Crippen LogP contribution in [0.25, 0.3) is 11.1 Å². The maximum atomic E-state index is 14.8. The molecule has 0 fully saturated rings. The Kier molecular flexibility index (Phi) is 10.3. The number of rotatable bonds is 12. The summed E-state index contributed by atoms with van der Waals surface area (Å²) in [6.45, 7) is 3.89. The highest BCUT2D eigenvalue weighted by Gasteiger charge is 2.32. The van der Waals surface area contributed by atoms with Gasteiger partial charge in [-0.1, -0.05) is 19.9 Å². The molecule has 0 radical (unpaired) electrons. The first kappa shape index (κ1) is 31.3. The predicted octanol–water partition coefficient (Wildman–Crippen LogP) is 6.90. The zero-order valence-electron chi connectivity index (χ0n) is 22.1. The minimum atomic E-state index is -4.81. The van der Waals surface area contributed by atoms with E-state index in [1.165, 1.54) is 0 Å². The Balaban J connectivity index is 1.70. The molecule has 3 aromatic rings. The van der Waals surface area contributed by atoms with Gasteiger partial charge in [-0.05, 0) is 48.7 Å². The van der Waals surface area contributed by atoms with Gasteiger partial charge in [-0.3, -0.25) is 9.59 Å². The molecule has 0 spiro atoms. The smallest absolute Gasteiger partial charge is 0.416 e. The van der Waals surface area contributed by atoms with Crippen LogP contribution in [0.1, 0.15) is 42.6 Å². The average Bonchev–Trinajstić information content (AvgIpc) is 2.87. The highest BCUT2D eigenvalue weighted by molar-refractivity contribution is 5.94. The number of benzene rings is 3. The molecule has 0 bridgehead atoms. The monoisotopic (exact) mass is 582 g/mol. The van der Waals surface area contributed by atoms with Gasteiger partial charge >= 0.3 is 12.1 Å². The molecule has 0 aliphatic rings. The number of amides is 1. The van der Waals surface area contributed by atoms with Crippen LogP contribution in [0.2, 0.25) is 0 Å². The van der Waals surface area contributed by atoms with Gasteiger partial charge in [0.2, 0.25) is 0 Å². The zero-order valence-corrected chi connectivity index (χ0v) is 22.1. The third-order valence-electron chi connectivity index (χ3n) is 5.93. The van der Waals surface area contributed by atoms with Crippen molar-refractivity contribution in [2.24, 2.45) is 5.92 Å². The van der Waals surface area contributed by atoms with E-state index in [1.807, 2.05) is 13.8 Å². The van der Waals surface area contributed by atoms with Crippen molar-refractivity contribution in [1.82, 2.24) is 5.32 Å². The highest BCUT2D eigenvalue weighted by atomic mass is 19.4. The third-order valence-corrected chi connectivity index (χ3v) is 5.93. The quantitative estimate of drug-likeness (QED) is 0.202. The zero-order chi connectivity index (χ0) is 30.3. The van der Waals surface area contributed by atoms with Gasteiger partial charge in [-0.2, -0.15) is 13.2 Å². The normalized spacial score (nSPS) is 12.2. The molecule has 0 heterocycles. The molecule has 1 atom stereocenters. The number of alkyl halides is 3. The van der Waals surface area contributed by atoms with E-state index in [-0.39, 0.29) is 43.3 Å². The van der Waals surface area contributed by atoms with E-state index in [2.05, 4.69) is 10.6 Å². The Bertz CT molecular complexity index is 1350. The van der Waals surface area contributed by atoms with Crippen LogP contribution in [0.5, 0.6) is 5.75 Å². The fraction of sp³-hybridized carbons (Fsp3) is 0.310. The average molecular weight is 583 g/mol. The number of anilines is 1. The number of ether oxygens (including phenoxy) is 1. The number of hydrogen-bond donors (Lipinski definition) is 3. The molecule has 0 saturated carbocycles. The number of aliphatic carboxylic acids is 1. The summed E-state index contributed by atoms with van der Waals surface area (Å²) in [5.41, 5.74) is -1.79. The third kappa shape index (κ3) is 8.89. The van der Waals surface area contributed by atoms with Gasteiger partial charge in [-0.25, -0.2) is 13.2 Å². The molecule has 0 unspecified atom stereocenters. The summed E-state index contributed by atoms with van der Waals surface area (Å²) in [6, 6.07) is 9.13. The lowest BCUT2D eigenvalue weighted by Gasteiger charge is -2.22. The summed E-state index contributed by atoms with van der Waals surface area (Å²) in [5.74, 6) is -5.28. The number of carbonyl (C=O) groups excluding carboxylic acids is 1. The van der Waals surface area contributed by atoms with Crippen molar-refractivity contribution in [3.05, 3.63) is 83.2 Å². The van der Waals surface area contributed by atoms with E-state index in [1.54, 1.807) is 24.3 Å². The number of hydrogen-bond acceptors (Lipinski definition) is 4. The Morgan fingerprint density at radius 1 is 0.927 bits per heavy atom. The van der Waals surface area contributed by atoms with E-state index in [0.717, 1.165) is 12.1 Å². The molecule has 12 heteroatoms.